The molecule has 0 saturated carbocycles. The summed E-state index contributed by atoms with van der Waals surface area (Å²) in [6.07, 6.45) is -2.35. The summed E-state index contributed by atoms with van der Waals surface area (Å²) in [4.78, 5) is 40.6. The first-order chi connectivity index (χ1) is 15.5. The van der Waals surface area contributed by atoms with Gasteiger partial charge < -0.3 is 20.7 Å². The predicted molar refractivity (Wildman–Crippen MR) is 109 cm³/mol. The fourth-order valence-corrected chi connectivity index (χ4v) is 2.90. The van der Waals surface area contributed by atoms with Crippen LogP contribution in [0.25, 0.3) is 0 Å². The van der Waals surface area contributed by atoms with Gasteiger partial charge in [0.1, 0.15) is 11.6 Å². The number of anilines is 2. The molecule has 0 atom stereocenters. The maximum atomic E-state index is 14.2. The van der Waals surface area contributed by atoms with Gasteiger partial charge in [0, 0.05) is 24.4 Å². The van der Waals surface area contributed by atoms with Gasteiger partial charge >= 0.3 is 12.1 Å². The highest BCUT2D eigenvalue weighted by Gasteiger charge is 2.42. The number of rotatable bonds is 5. The van der Waals surface area contributed by atoms with E-state index in [0.717, 1.165) is 0 Å². The molecule has 0 aliphatic carbocycles. The minimum Gasteiger partial charge on any atom is -0.417 e. The number of nitrogens with one attached hydrogen (secondary N) is 3. The second-order valence-corrected chi connectivity index (χ2v) is 7.10. The molecule has 1 aliphatic rings. The van der Waals surface area contributed by atoms with Gasteiger partial charge in [0.15, 0.2) is 5.75 Å². The largest absolute Gasteiger partial charge is 0.491 e. The van der Waals surface area contributed by atoms with Gasteiger partial charge in [-0.1, -0.05) is 17.7 Å². The maximum absolute atomic E-state index is 14.2. The average Bonchev–Trinajstić information content (AvgIpc) is 2.76. The molecule has 0 bridgehead atoms. The highest BCUT2D eigenvalue weighted by atomic mass is 35.5. The smallest absolute Gasteiger partial charge is 0.417 e. The van der Waals surface area contributed by atoms with Gasteiger partial charge in [-0.3, -0.25) is 9.59 Å². The van der Waals surface area contributed by atoms with Gasteiger partial charge in [0.25, 0.3) is 11.8 Å². The standard InChI is InChI=1S/C20H15ClF4N4O4/c21-11-1-2-15(27-9-11)28-18(31)13-7-12(22)8-14(33-19(32)20(23,24)25)16(13)29-17(30)10-3-5-26-6-4-10/h1-3,7-9,26H,4-6H2,(H,29,30)(H,27,28,31). The zero-order valence-corrected chi connectivity index (χ0v) is 17.3. The third kappa shape index (κ3) is 6.26. The normalized spacial score (nSPS) is 13.7. The van der Waals surface area contributed by atoms with Crippen LogP contribution in [0, 0.1) is 5.82 Å². The van der Waals surface area contributed by atoms with E-state index in [2.05, 4.69) is 25.7 Å². The Hall–Kier alpha value is -3.51. The molecule has 2 heterocycles. The summed E-state index contributed by atoms with van der Waals surface area (Å²) < 4.78 is 56.6. The van der Waals surface area contributed by atoms with Crippen molar-refractivity contribution in [1.82, 2.24) is 10.3 Å². The summed E-state index contributed by atoms with van der Waals surface area (Å²) in [5.41, 5.74) is -0.943. The quantitative estimate of drug-likeness (QED) is 0.339. The van der Waals surface area contributed by atoms with Gasteiger partial charge in [-0.25, -0.2) is 14.2 Å². The Balaban J connectivity index is 2.01. The molecule has 2 amide bonds. The van der Waals surface area contributed by atoms with Crippen LogP contribution in [0.3, 0.4) is 0 Å². The second kappa shape index (κ2) is 9.96. The molecule has 1 aromatic carbocycles. The van der Waals surface area contributed by atoms with Crippen molar-refractivity contribution in [2.75, 3.05) is 23.7 Å². The summed E-state index contributed by atoms with van der Waals surface area (Å²) in [7, 11) is 0. The van der Waals surface area contributed by atoms with E-state index in [1.54, 1.807) is 6.08 Å². The Labute approximate surface area is 189 Å². The van der Waals surface area contributed by atoms with Gasteiger partial charge in [0.2, 0.25) is 0 Å². The molecule has 0 spiro atoms. The van der Waals surface area contributed by atoms with Crippen LogP contribution in [0.4, 0.5) is 29.1 Å². The summed E-state index contributed by atoms with van der Waals surface area (Å²) in [6.45, 7) is 0.839. The lowest BCUT2D eigenvalue weighted by Gasteiger charge is -2.18. The number of benzene rings is 1. The number of aromatic nitrogens is 1. The number of halogens is 5. The van der Waals surface area contributed by atoms with Crippen molar-refractivity contribution in [1.29, 1.82) is 0 Å². The SMILES string of the molecule is O=C(Nc1c(OC(=O)C(F)(F)F)cc(F)cc1C(=O)Nc1ccc(Cl)cn1)C1=CCNCC1. The fraction of sp³-hybridized carbons (Fsp3) is 0.200. The molecule has 2 aromatic rings. The Bertz CT molecular complexity index is 1120. The molecule has 1 aliphatic heterocycles. The Kier molecular flexibility index (Phi) is 7.29. The summed E-state index contributed by atoms with van der Waals surface area (Å²) in [5, 5.41) is 7.80. The summed E-state index contributed by atoms with van der Waals surface area (Å²) in [6, 6.07) is 3.84. The average molecular weight is 487 g/mol. The number of hydrogen-bond donors (Lipinski definition) is 3. The van der Waals surface area contributed by atoms with E-state index in [1.807, 2.05) is 0 Å². The van der Waals surface area contributed by atoms with Crippen LogP contribution < -0.4 is 20.7 Å². The lowest BCUT2D eigenvalue weighted by molar-refractivity contribution is -0.189. The van der Waals surface area contributed by atoms with Crippen molar-refractivity contribution in [2.45, 2.75) is 12.6 Å². The number of amides is 2. The van der Waals surface area contributed by atoms with E-state index < -0.39 is 46.8 Å². The third-order valence-electron chi connectivity index (χ3n) is 4.31. The van der Waals surface area contributed by atoms with Crippen LogP contribution in [-0.4, -0.2) is 42.0 Å². The van der Waals surface area contributed by atoms with Crippen LogP contribution in [0.1, 0.15) is 16.8 Å². The van der Waals surface area contributed by atoms with Gasteiger partial charge in [-0.15, -0.1) is 0 Å². The van der Waals surface area contributed by atoms with E-state index in [1.165, 1.54) is 18.3 Å². The minimum absolute atomic E-state index is 0.0131. The van der Waals surface area contributed by atoms with E-state index in [4.69, 9.17) is 11.6 Å². The first-order valence-corrected chi connectivity index (χ1v) is 9.69. The maximum Gasteiger partial charge on any atom is 0.491 e. The second-order valence-electron chi connectivity index (χ2n) is 6.67. The van der Waals surface area contributed by atoms with Gasteiger partial charge in [0.05, 0.1) is 16.3 Å². The first-order valence-electron chi connectivity index (χ1n) is 9.31. The number of esters is 1. The van der Waals surface area contributed by atoms with E-state index in [0.29, 0.717) is 31.6 Å². The van der Waals surface area contributed by atoms with Crippen molar-refractivity contribution < 1.29 is 36.7 Å². The molecular weight excluding hydrogens is 472 g/mol. The van der Waals surface area contributed by atoms with Crippen molar-refractivity contribution in [3.05, 3.63) is 58.5 Å². The summed E-state index contributed by atoms with van der Waals surface area (Å²) >= 11 is 5.73. The van der Waals surface area contributed by atoms with Crippen molar-refractivity contribution in [2.24, 2.45) is 0 Å². The van der Waals surface area contributed by atoms with Crippen LogP contribution in [0.5, 0.6) is 5.75 Å². The molecule has 33 heavy (non-hydrogen) atoms. The number of alkyl halides is 3. The molecule has 8 nitrogen and oxygen atoms in total. The van der Waals surface area contributed by atoms with Crippen molar-refractivity contribution in [3.8, 4) is 5.75 Å². The molecule has 13 heteroatoms. The third-order valence-corrected chi connectivity index (χ3v) is 4.53. The van der Waals surface area contributed by atoms with Crippen molar-refractivity contribution in [3.63, 3.8) is 0 Å². The van der Waals surface area contributed by atoms with E-state index >= 15 is 0 Å². The molecule has 1 aromatic heterocycles. The van der Waals surface area contributed by atoms with Gasteiger partial charge in [-0.05, 0) is 31.2 Å². The number of ether oxygens (including phenoxy) is 1. The number of pyridine rings is 1. The molecule has 0 saturated heterocycles. The van der Waals surface area contributed by atoms with Gasteiger partial charge in [-0.2, -0.15) is 13.2 Å². The minimum atomic E-state index is -5.40. The molecule has 0 fully saturated rings. The number of carbonyl (C=O) groups is 3. The number of hydrogen-bond acceptors (Lipinski definition) is 6. The lowest BCUT2D eigenvalue weighted by Crippen LogP contribution is -2.30. The molecule has 174 valence electrons. The predicted octanol–water partition coefficient (Wildman–Crippen LogP) is 3.45. The van der Waals surface area contributed by atoms with Crippen molar-refractivity contribution >= 4 is 40.9 Å². The topological polar surface area (TPSA) is 109 Å². The number of carbonyl (C=O) groups excluding carboxylic acids is 3. The zero-order valence-electron chi connectivity index (χ0n) is 16.6. The molecular formula is C20H15ClF4N4O4. The summed E-state index contributed by atoms with van der Waals surface area (Å²) in [5.74, 6) is -6.65. The Morgan fingerprint density at radius 3 is 2.48 bits per heavy atom. The highest BCUT2D eigenvalue weighted by molar-refractivity contribution is 6.30. The number of nitrogens with zero attached hydrogens (tertiary/aromatic N) is 1. The first kappa shape index (κ1) is 24.1. The lowest BCUT2D eigenvalue weighted by atomic mass is 10.1. The Morgan fingerprint density at radius 1 is 1.12 bits per heavy atom. The van der Waals surface area contributed by atoms with E-state index in [-0.39, 0.29) is 16.4 Å². The van der Waals surface area contributed by atoms with Crippen LogP contribution in [-0.2, 0) is 9.59 Å². The molecule has 0 radical (unpaired) electrons. The fourth-order valence-electron chi connectivity index (χ4n) is 2.78. The highest BCUT2D eigenvalue weighted by Crippen LogP contribution is 2.33. The van der Waals surface area contributed by atoms with Crippen LogP contribution in [0.15, 0.2) is 42.1 Å². The van der Waals surface area contributed by atoms with Crippen LogP contribution >= 0.6 is 11.6 Å². The zero-order chi connectivity index (χ0) is 24.2. The van der Waals surface area contributed by atoms with Crippen LogP contribution in [0.2, 0.25) is 5.02 Å². The molecule has 3 N–H and O–H groups in total. The monoisotopic (exact) mass is 486 g/mol. The molecule has 3 rings (SSSR count). The molecule has 0 unspecified atom stereocenters. The Morgan fingerprint density at radius 2 is 1.88 bits per heavy atom. The van der Waals surface area contributed by atoms with E-state index in [9.17, 15) is 31.9 Å².